The molecule has 1 saturated heterocycles. The number of carbonyl (C=O) groups is 1. The topological polar surface area (TPSA) is 65.5 Å². The molecule has 0 unspecified atom stereocenters. The number of carboxylic acids is 1. The number of hydrogen-bond donors (Lipinski definition) is 2. The molecule has 5 heteroatoms. The summed E-state index contributed by atoms with van der Waals surface area (Å²) in [6.45, 7) is 2.24. The summed E-state index contributed by atoms with van der Waals surface area (Å²) in [5.74, 6) is -0.423. The summed E-state index contributed by atoms with van der Waals surface area (Å²) in [7, 11) is 0. The van der Waals surface area contributed by atoms with Crippen molar-refractivity contribution in [1.29, 1.82) is 0 Å². The first-order valence-electron chi connectivity index (χ1n) is 7.04. The van der Waals surface area contributed by atoms with E-state index in [4.69, 9.17) is 5.11 Å². The Morgan fingerprint density at radius 2 is 1.86 bits per heavy atom. The van der Waals surface area contributed by atoms with Crippen molar-refractivity contribution in [2.75, 3.05) is 23.3 Å². The van der Waals surface area contributed by atoms with Crippen LogP contribution in [0.25, 0.3) is 0 Å². The number of pyridine rings is 1. The van der Waals surface area contributed by atoms with Crippen molar-refractivity contribution < 1.29 is 9.90 Å². The van der Waals surface area contributed by atoms with E-state index in [1.54, 1.807) is 0 Å². The Bertz CT molecular complexity index is 634. The number of anilines is 3. The molecule has 1 aliphatic heterocycles. The lowest BCUT2D eigenvalue weighted by molar-refractivity contribution is 0.0697. The molecule has 1 aliphatic rings. The Labute approximate surface area is 123 Å². The molecule has 0 spiro atoms. The smallest absolute Gasteiger partial charge is 0.335 e. The van der Waals surface area contributed by atoms with Gasteiger partial charge in [0.15, 0.2) is 0 Å². The highest BCUT2D eigenvalue weighted by Crippen LogP contribution is 2.23. The maximum atomic E-state index is 10.9. The number of aromatic carboxylic acids is 1. The second kappa shape index (κ2) is 5.83. The lowest BCUT2D eigenvalue weighted by Gasteiger charge is -2.17. The van der Waals surface area contributed by atoms with Gasteiger partial charge in [0.05, 0.1) is 5.56 Å². The fourth-order valence-electron chi connectivity index (χ4n) is 2.51. The average molecular weight is 283 g/mol. The molecule has 0 saturated carbocycles. The first kappa shape index (κ1) is 13.4. The molecule has 2 N–H and O–H groups in total. The van der Waals surface area contributed by atoms with Crippen molar-refractivity contribution in [3.05, 3.63) is 48.2 Å². The molecule has 108 valence electrons. The van der Waals surface area contributed by atoms with Crippen LogP contribution in [0.2, 0.25) is 0 Å². The highest BCUT2D eigenvalue weighted by molar-refractivity contribution is 5.88. The van der Waals surface area contributed by atoms with Crippen molar-refractivity contribution in [3.63, 3.8) is 0 Å². The summed E-state index contributed by atoms with van der Waals surface area (Å²) in [5, 5.41) is 12.1. The van der Waals surface area contributed by atoms with Crippen LogP contribution >= 0.6 is 0 Å². The van der Waals surface area contributed by atoms with Crippen LogP contribution in [0.5, 0.6) is 0 Å². The van der Waals surface area contributed by atoms with Crippen LogP contribution in [0.1, 0.15) is 23.2 Å². The summed E-state index contributed by atoms with van der Waals surface area (Å²) < 4.78 is 0. The Balaban J connectivity index is 1.72. The van der Waals surface area contributed by atoms with E-state index in [0.717, 1.165) is 18.8 Å². The number of hydrogen-bond acceptors (Lipinski definition) is 4. The molecule has 0 bridgehead atoms. The van der Waals surface area contributed by atoms with E-state index >= 15 is 0 Å². The molecule has 5 nitrogen and oxygen atoms in total. The molecule has 1 aromatic heterocycles. The zero-order chi connectivity index (χ0) is 14.7. The number of nitrogens with one attached hydrogen (secondary N) is 1. The molecule has 2 aromatic rings. The minimum atomic E-state index is -0.954. The lowest BCUT2D eigenvalue weighted by Crippen LogP contribution is -2.17. The molecular formula is C16H17N3O2. The predicted molar refractivity (Wildman–Crippen MR) is 82.4 cm³/mol. The third-order valence-electron chi connectivity index (χ3n) is 3.62. The second-order valence-electron chi connectivity index (χ2n) is 5.10. The zero-order valence-corrected chi connectivity index (χ0v) is 11.6. The normalized spacial score (nSPS) is 14.2. The molecule has 2 heterocycles. The fourth-order valence-corrected chi connectivity index (χ4v) is 2.51. The first-order valence-corrected chi connectivity index (χ1v) is 7.04. The van der Waals surface area contributed by atoms with Crippen LogP contribution in [0, 0.1) is 0 Å². The van der Waals surface area contributed by atoms with E-state index in [1.807, 2.05) is 12.1 Å². The Morgan fingerprint density at radius 1 is 1.14 bits per heavy atom. The molecule has 1 aromatic carbocycles. The van der Waals surface area contributed by atoms with Gasteiger partial charge in [0.1, 0.15) is 5.82 Å². The molecule has 0 amide bonds. The number of carboxylic acid groups (broad SMARTS) is 1. The fraction of sp³-hybridized carbons (Fsp3) is 0.250. The van der Waals surface area contributed by atoms with Crippen LogP contribution in [0.3, 0.4) is 0 Å². The van der Waals surface area contributed by atoms with Gasteiger partial charge in [0.2, 0.25) is 0 Å². The second-order valence-corrected chi connectivity index (χ2v) is 5.10. The van der Waals surface area contributed by atoms with Gasteiger partial charge in [0, 0.05) is 30.7 Å². The number of nitrogens with zero attached hydrogens (tertiary/aromatic N) is 2. The van der Waals surface area contributed by atoms with Crippen molar-refractivity contribution in [2.24, 2.45) is 0 Å². The van der Waals surface area contributed by atoms with E-state index < -0.39 is 5.97 Å². The number of benzene rings is 1. The minimum absolute atomic E-state index is 0.223. The van der Waals surface area contributed by atoms with Gasteiger partial charge in [-0.05, 0) is 49.2 Å². The number of aromatic nitrogens is 1. The zero-order valence-electron chi connectivity index (χ0n) is 11.6. The third-order valence-corrected chi connectivity index (χ3v) is 3.62. The van der Waals surface area contributed by atoms with E-state index in [1.165, 1.54) is 36.9 Å². The molecule has 21 heavy (non-hydrogen) atoms. The monoisotopic (exact) mass is 283 g/mol. The van der Waals surface area contributed by atoms with Gasteiger partial charge in [-0.3, -0.25) is 0 Å². The molecule has 0 aliphatic carbocycles. The van der Waals surface area contributed by atoms with Crippen LogP contribution in [0.15, 0.2) is 42.6 Å². The van der Waals surface area contributed by atoms with Gasteiger partial charge in [-0.2, -0.15) is 0 Å². The van der Waals surface area contributed by atoms with Crippen molar-refractivity contribution in [2.45, 2.75) is 12.8 Å². The molecule has 3 rings (SSSR count). The molecule has 1 fully saturated rings. The largest absolute Gasteiger partial charge is 0.478 e. The quantitative estimate of drug-likeness (QED) is 0.902. The predicted octanol–water partition coefficient (Wildman–Crippen LogP) is 3.12. The Kier molecular flexibility index (Phi) is 3.73. The minimum Gasteiger partial charge on any atom is -0.478 e. The van der Waals surface area contributed by atoms with Crippen LogP contribution in [0.4, 0.5) is 17.2 Å². The standard InChI is InChI=1S/C16H17N3O2/c20-16(21)12-7-8-17-15(11-12)18-13-3-5-14(6-4-13)19-9-1-2-10-19/h3-8,11H,1-2,9-10H2,(H,17,18)(H,20,21). The van der Waals surface area contributed by atoms with Crippen molar-refractivity contribution in [1.82, 2.24) is 4.98 Å². The van der Waals surface area contributed by atoms with Gasteiger partial charge in [-0.1, -0.05) is 0 Å². The summed E-state index contributed by atoms with van der Waals surface area (Å²) in [5.41, 5.74) is 2.35. The Morgan fingerprint density at radius 3 is 2.52 bits per heavy atom. The van der Waals surface area contributed by atoms with E-state index in [2.05, 4.69) is 27.3 Å². The van der Waals surface area contributed by atoms with Gasteiger partial charge in [-0.25, -0.2) is 9.78 Å². The van der Waals surface area contributed by atoms with Crippen molar-refractivity contribution >= 4 is 23.2 Å². The maximum absolute atomic E-state index is 10.9. The summed E-state index contributed by atoms with van der Waals surface area (Å²) in [6, 6.07) is 11.1. The van der Waals surface area contributed by atoms with Crippen LogP contribution in [-0.4, -0.2) is 29.1 Å². The van der Waals surface area contributed by atoms with Crippen LogP contribution < -0.4 is 10.2 Å². The summed E-state index contributed by atoms with van der Waals surface area (Å²) in [6.07, 6.45) is 4.00. The summed E-state index contributed by atoms with van der Waals surface area (Å²) in [4.78, 5) is 17.4. The lowest BCUT2D eigenvalue weighted by atomic mass is 10.2. The van der Waals surface area contributed by atoms with E-state index in [0.29, 0.717) is 5.82 Å². The third kappa shape index (κ3) is 3.13. The first-order chi connectivity index (χ1) is 10.2. The SMILES string of the molecule is O=C(O)c1ccnc(Nc2ccc(N3CCCC3)cc2)c1. The highest BCUT2D eigenvalue weighted by atomic mass is 16.4. The Hall–Kier alpha value is -2.56. The van der Waals surface area contributed by atoms with Crippen molar-refractivity contribution in [3.8, 4) is 0 Å². The molecule has 0 radical (unpaired) electrons. The van der Waals surface area contributed by atoms with Crippen LogP contribution in [-0.2, 0) is 0 Å². The van der Waals surface area contributed by atoms with Gasteiger partial charge < -0.3 is 15.3 Å². The van der Waals surface area contributed by atoms with Gasteiger partial charge in [-0.15, -0.1) is 0 Å². The van der Waals surface area contributed by atoms with Gasteiger partial charge >= 0.3 is 5.97 Å². The molecule has 0 atom stereocenters. The highest BCUT2D eigenvalue weighted by Gasteiger charge is 2.11. The number of rotatable bonds is 4. The van der Waals surface area contributed by atoms with E-state index in [9.17, 15) is 4.79 Å². The van der Waals surface area contributed by atoms with E-state index in [-0.39, 0.29) is 5.56 Å². The summed E-state index contributed by atoms with van der Waals surface area (Å²) >= 11 is 0. The molecular weight excluding hydrogens is 266 g/mol. The average Bonchev–Trinajstić information content (AvgIpc) is 3.02. The van der Waals surface area contributed by atoms with Gasteiger partial charge in [0.25, 0.3) is 0 Å². The maximum Gasteiger partial charge on any atom is 0.335 e.